The van der Waals surface area contributed by atoms with Crippen molar-refractivity contribution in [3.63, 3.8) is 0 Å². The molecule has 1 aliphatic rings. The van der Waals surface area contributed by atoms with E-state index in [0.29, 0.717) is 18.0 Å². The van der Waals surface area contributed by atoms with Crippen molar-refractivity contribution < 1.29 is 14.7 Å². The molecule has 2 aromatic carbocycles. The Labute approximate surface area is 138 Å². The van der Waals surface area contributed by atoms with Crippen LogP contribution in [0.25, 0.3) is 0 Å². The molecule has 1 heterocycles. The number of para-hydroxylation sites is 3. The third-order valence-corrected chi connectivity index (χ3v) is 4.60. The van der Waals surface area contributed by atoms with Crippen LogP contribution >= 0.6 is 11.8 Å². The van der Waals surface area contributed by atoms with E-state index in [-0.39, 0.29) is 24.0 Å². The highest BCUT2D eigenvalue weighted by atomic mass is 32.2. The number of carbonyl (C=O) groups excluding carboxylic acids is 2. The van der Waals surface area contributed by atoms with Crippen LogP contribution in [0.4, 0.5) is 11.4 Å². The number of amides is 2. The Kier molecular flexibility index (Phi) is 4.52. The number of carbonyl (C=O) groups is 2. The minimum atomic E-state index is -0.241. The molecule has 2 amide bonds. The van der Waals surface area contributed by atoms with E-state index < -0.39 is 0 Å². The molecule has 5 nitrogen and oxygen atoms in total. The van der Waals surface area contributed by atoms with Gasteiger partial charge in [0, 0.05) is 17.9 Å². The summed E-state index contributed by atoms with van der Waals surface area (Å²) in [7, 11) is 0. The summed E-state index contributed by atoms with van der Waals surface area (Å²) in [6.45, 7) is 0.315. The van der Waals surface area contributed by atoms with Gasteiger partial charge in [-0.3, -0.25) is 9.59 Å². The fourth-order valence-electron chi connectivity index (χ4n) is 2.40. The zero-order valence-electron chi connectivity index (χ0n) is 12.4. The van der Waals surface area contributed by atoms with Crippen LogP contribution in [-0.4, -0.2) is 29.2 Å². The largest absolute Gasteiger partial charge is 0.506 e. The van der Waals surface area contributed by atoms with Crippen LogP contribution in [0.2, 0.25) is 0 Å². The van der Waals surface area contributed by atoms with Gasteiger partial charge < -0.3 is 15.3 Å². The fourth-order valence-corrected chi connectivity index (χ4v) is 3.34. The number of hydrogen-bond donors (Lipinski definition) is 2. The van der Waals surface area contributed by atoms with Gasteiger partial charge in [-0.25, -0.2) is 0 Å². The summed E-state index contributed by atoms with van der Waals surface area (Å²) in [6, 6.07) is 14.2. The van der Waals surface area contributed by atoms with Crippen LogP contribution in [0.15, 0.2) is 53.4 Å². The molecule has 0 aromatic heterocycles. The van der Waals surface area contributed by atoms with Gasteiger partial charge in [0.1, 0.15) is 5.75 Å². The Morgan fingerprint density at radius 3 is 2.74 bits per heavy atom. The molecule has 0 atom stereocenters. The topological polar surface area (TPSA) is 69.6 Å². The lowest BCUT2D eigenvalue weighted by Crippen LogP contribution is -2.37. The standard InChI is InChI=1S/C17H16N2O3S/c20-14-7-3-1-5-12(14)18-16(21)9-10-19-13-6-2-4-8-15(13)23-11-17(19)22/h1-8,20H,9-11H2,(H,18,21). The van der Waals surface area contributed by atoms with Gasteiger partial charge in [-0.15, -0.1) is 11.8 Å². The normalized spacial score (nSPS) is 13.6. The number of nitrogens with one attached hydrogen (secondary N) is 1. The van der Waals surface area contributed by atoms with Crippen molar-refractivity contribution in [1.29, 1.82) is 0 Å². The summed E-state index contributed by atoms with van der Waals surface area (Å²) >= 11 is 1.51. The molecule has 0 spiro atoms. The summed E-state index contributed by atoms with van der Waals surface area (Å²) in [5, 5.41) is 12.3. The van der Waals surface area contributed by atoms with Crippen molar-refractivity contribution in [3.05, 3.63) is 48.5 Å². The number of hydrogen-bond acceptors (Lipinski definition) is 4. The molecule has 23 heavy (non-hydrogen) atoms. The quantitative estimate of drug-likeness (QED) is 0.847. The van der Waals surface area contributed by atoms with E-state index in [9.17, 15) is 14.7 Å². The molecule has 1 aliphatic heterocycles. The van der Waals surface area contributed by atoms with Gasteiger partial charge in [-0.1, -0.05) is 24.3 Å². The molecule has 2 N–H and O–H groups in total. The van der Waals surface area contributed by atoms with Gasteiger partial charge in [-0.05, 0) is 24.3 Å². The molecule has 0 aliphatic carbocycles. The van der Waals surface area contributed by atoms with Crippen molar-refractivity contribution in [2.75, 3.05) is 22.5 Å². The van der Waals surface area contributed by atoms with Crippen LogP contribution in [0, 0.1) is 0 Å². The average molecular weight is 328 g/mol. The van der Waals surface area contributed by atoms with Gasteiger partial charge in [-0.2, -0.15) is 0 Å². The summed E-state index contributed by atoms with van der Waals surface area (Å²) < 4.78 is 0. The second kappa shape index (κ2) is 6.75. The molecule has 0 unspecified atom stereocenters. The number of fused-ring (bicyclic) bond motifs is 1. The first-order chi connectivity index (χ1) is 11.1. The van der Waals surface area contributed by atoms with E-state index in [0.717, 1.165) is 10.6 Å². The van der Waals surface area contributed by atoms with E-state index in [4.69, 9.17) is 0 Å². The van der Waals surface area contributed by atoms with Crippen LogP contribution in [0.5, 0.6) is 5.75 Å². The first-order valence-corrected chi connectivity index (χ1v) is 8.24. The van der Waals surface area contributed by atoms with E-state index in [1.54, 1.807) is 23.1 Å². The van der Waals surface area contributed by atoms with Crippen molar-refractivity contribution in [2.45, 2.75) is 11.3 Å². The summed E-state index contributed by atoms with van der Waals surface area (Å²) in [4.78, 5) is 26.9. The number of benzene rings is 2. The molecule has 3 rings (SSSR count). The van der Waals surface area contributed by atoms with E-state index in [2.05, 4.69) is 5.32 Å². The maximum Gasteiger partial charge on any atom is 0.237 e. The van der Waals surface area contributed by atoms with Gasteiger partial charge in [0.2, 0.25) is 11.8 Å². The summed E-state index contributed by atoms with van der Waals surface area (Å²) in [5.41, 5.74) is 1.22. The lowest BCUT2D eigenvalue weighted by atomic mass is 10.2. The molecule has 0 saturated heterocycles. The molecule has 2 aromatic rings. The third kappa shape index (κ3) is 3.48. The predicted octanol–water partition coefficient (Wildman–Crippen LogP) is 2.86. The molecule has 0 fully saturated rings. The van der Waals surface area contributed by atoms with Gasteiger partial charge in [0.15, 0.2) is 0 Å². The summed E-state index contributed by atoms with van der Waals surface area (Å²) in [5.74, 6) is 0.175. The summed E-state index contributed by atoms with van der Waals surface area (Å²) in [6.07, 6.45) is 0.166. The average Bonchev–Trinajstić information content (AvgIpc) is 2.56. The number of phenolic OH excluding ortho intramolecular Hbond substituents is 1. The SMILES string of the molecule is O=C(CCN1C(=O)CSc2ccccc21)Nc1ccccc1O. The van der Waals surface area contributed by atoms with Gasteiger partial charge >= 0.3 is 0 Å². The highest BCUT2D eigenvalue weighted by molar-refractivity contribution is 8.00. The van der Waals surface area contributed by atoms with Crippen LogP contribution in [-0.2, 0) is 9.59 Å². The van der Waals surface area contributed by atoms with Crippen molar-refractivity contribution in [1.82, 2.24) is 0 Å². The maximum atomic E-state index is 12.1. The highest BCUT2D eigenvalue weighted by Gasteiger charge is 2.24. The van der Waals surface area contributed by atoms with Crippen molar-refractivity contribution in [2.24, 2.45) is 0 Å². The molecular weight excluding hydrogens is 312 g/mol. The molecule has 6 heteroatoms. The number of thioether (sulfide) groups is 1. The second-order valence-corrected chi connectivity index (χ2v) is 6.13. The molecule has 118 valence electrons. The Morgan fingerprint density at radius 2 is 1.91 bits per heavy atom. The second-order valence-electron chi connectivity index (χ2n) is 5.12. The molecular formula is C17H16N2O3S. The monoisotopic (exact) mass is 328 g/mol. The van der Waals surface area contributed by atoms with E-state index in [1.165, 1.54) is 17.8 Å². The van der Waals surface area contributed by atoms with E-state index >= 15 is 0 Å². The minimum absolute atomic E-state index is 0.00376. The van der Waals surface area contributed by atoms with Gasteiger partial charge in [0.25, 0.3) is 0 Å². The number of phenols is 1. The van der Waals surface area contributed by atoms with Gasteiger partial charge in [0.05, 0.1) is 17.1 Å². The van der Waals surface area contributed by atoms with Crippen molar-refractivity contribution >= 4 is 35.0 Å². The zero-order valence-corrected chi connectivity index (χ0v) is 13.2. The Balaban J connectivity index is 1.65. The fraction of sp³-hybridized carbons (Fsp3) is 0.176. The highest BCUT2D eigenvalue weighted by Crippen LogP contribution is 2.34. The minimum Gasteiger partial charge on any atom is -0.506 e. The lowest BCUT2D eigenvalue weighted by Gasteiger charge is -2.28. The first kappa shape index (κ1) is 15.4. The maximum absolute atomic E-state index is 12.1. The number of aromatic hydroxyl groups is 1. The van der Waals surface area contributed by atoms with Crippen LogP contribution in [0.3, 0.4) is 0 Å². The zero-order chi connectivity index (χ0) is 16.2. The third-order valence-electron chi connectivity index (χ3n) is 3.55. The lowest BCUT2D eigenvalue weighted by molar-refractivity contribution is -0.117. The Hall–Kier alpha value is -2.47. The first-order valence-electron chi connectivity index (χ1n) is 7.25. The number of nitrogens with zero attached hydrogens (tertiary/aromatic N) is 1. The smallest absolute Gasteiger partial charge is 0.237 e. The Morgan fingerprint density at radius 1 is 1.17 bits per heavy atom. The van der Waals surface area contributed by atoms with Crippen LogP contribution in [0.1, 0.15) is 6.42 Å². The van der Waals surface area contributed by atoms with Crippen LogP contribution < -0.4 is 10.2 Å². The van der Waals surface area contributed by atoms with Crippen molar-refractivity contribution in [3.8, 4) is 5.75 Å². The predicted molar refractivity (Wildman–Crippen MR) is 90.9 cm³/mol. The molecule has 0 radical (unpaired) electrons. The van der Waals surface area contributed by atoms with E-state index in [1.807, 2.05) is 24.3 Å². The molecule has 0 saturated carbocycles. The number of rotatable bonds is 4. The Bertz CT molecular complexity index is 748. The number of anilines is 2. The molecule has 0 bridgehead atoms.